The molecule has 0 bridgehead atoms. The van der Waals surface area contributed by atoms with Gasteiger partial charge in [-0.05, 0) is 36.8 Å². The Hall–Kier alpha value is -3.10. The van der Waals surface area contributed by atoms with Crippen molar-refractivity contribution >= 4 is 17.8 Å². The van der Waals surface area contributed by atoms with Gasteiger partial charge in [-0.3, -0.25) is 20.4 Å². The van der Waals surface area contributed by atoms with E-state index in [1.165, 1.54) is 23.5 Å². The van der Waals surface area contributed by atoms with Crippen molar-refractivity contribution in [3.63, 3.8) is 0 Å². The summed E-state index contributed by atoms with van der Waals surface area (Å²) in [4.78, 5) is 31.0. The molecule has 0 radical (unpaired) electrons. The average molecular weight is 419 g/mol. The van der Waals surface area contributed by atoms with Gasteiger partial charge < -0.3 is 5.32 Å². The fourth-order valence-electron chi connectivity index (χ4n) is 3.07. The van der Waals surface area contributed by atoms with Gasteiger partial charge in [0.2, 0.25) is 5.95 Å². The highest BCUT2D eigenvalue weighted by Gasteiger charge is 2.39. The summed E-state index contributed by atoms with van der Waals surface area (Å²) in [6, 6.07) is 8.39. The van der Waals surface area contributed by atoms with E-state index in [0.29, 0.717) is 5.95 Å². The normalized spacial score (nSPS) is 14.1. The molecule has 9 heteroatoms. The van der Waals surface area contributed by atoms with Crippen molar-refractivity contribution in [2.24, 2.45) is 0 Å². The fraction of sp³-hybridized carbons (Fsp3) is 0.429. The monoisotopic (exact) mass is 419 g/mol. The zero-order chi connectivity index (χ0) is 22.1. The molecule has 3 N–H and O–H groups in total. The molecule has 162 valence electrons. The molecule has 7 nitrogen and oxygen atoms in total. The Balaban J connectivity index is 0.00000155. The number of hydrogen-bond donors (Lipinski definition) is 3. The van der Waals surface area contributed by atoms with Gasteiger partial charge in [-0.25, -0.2) is 9.97 Å². The number of alkyl halides is 2. The molecule has 1 aliphatic carbocycles. The highest BCUT2D eigenvalue weighted by molar-refractivity contribution is 5.95. The summed E-state index contributed by atoms with van der Waals surface area (Å²) in [6.07, 6.45) is 3.27. The largest absolute Gasteiger partial charge is 0.345 e. The third-order valence-corrected chi connectivity index (χ3v) is 4.86. The smallest absolute Gasteiger partial charge is 0.317 e. The molecule has 1 saturated carbocycles. The molecule has 1 fully saturated rings. The van der Waals surface area contributed by atoms with Gasteiger partial charge >= 0.3 is 12.3 Å². The molecule has 2 amide bonds. The number of amides is 2. The second-order valence-corrected chi connectivity index (χ2v) is 6.65. The Bertz CT molecular complexity index is 855. The highest BCUT2D eigenvalue weighted by Crippen LogP contribution is 2.43. The zero-order valence-corrected chi connectivity index (χ0v) is 17.3. The van der Waals surface area contributed by atoms with Gasteiger partial charge in [0.05, 0.1) is 11.1 Å². The van der Waals surface area contributed by atoms with Gasteiger partial charge in [0, 0.05) is 12.4 Å². The molecular weight excluding hydrogens is 392 g/mol. The van der Waals surface area contributed by atoms with Crippen LogP contribution in [-0.4, -0.2) is 28.2 Å². The number of carbonyl (C=O) groups is 2. The minimum absolute atomic E-state index is 0.0377. The SMILES string of the molecule is CC.CCc1cccc(C2(Nc3ncc(C(=O)NNC(=O)C(F)F)cn3)CCC2)c1. The lowest BCUT2D eigenvalue weighted by Gasteiger charge is -2.43. The summed E-state index contributed by atoms with van der Waals surface area (Å²) in [7, 11) is 0. The summed E-state index contributed by atoms with van der Waals surface area (Å²) in [5.74, 6) is -2.00. The van der Waals surface area contributed by atoms with Gasteiger partial charge in [0.15, 0.2) is 0 Å². The number of hydrogen-bond acceptors (Lipinski definition) is 5. The third kappa shape index (κ3) is 5.49. The maximum Gasteiger partial charge on any atom is 0.317 e. The van der Waals surface area contributed by atoms with Crippen molar-refractivity contribution < 1.29 is 18.4 Å². The van der Waals surface area contributed by atoms with Crippen molar-refractivity contribution in [1.82, 2.24) is 20.8 Å². The van der Waals surface area contributed by atoms with Crippen LogP contribution in [0, 0.1) is 0 Å². The molecule has 0 saturated heterocycles. The van der Waals surface area contributed by atoms with Crippen LogP contribution in [0.1, 0.15) is 61.5 Å². The van der Waals surface area contributed by atoms with E-state index < -0.39 is 18.2 Å². The number of aryl methyl sites for hydroxylation is 1. The van der Waals surface area contributed by atoms with Crippen molar-refractivity contribution in [1.29, 1.82) is 0 Å². The first-order chi connectivity index (χ1) is 14.4. The molecule has 2 aromatic rings. The number of anilines is 1. The number of rotatable bonds is 6. The van der Waals surface area contributed by atoms with Gasteiger partial charge in [0.1, 0.15) is 0 Å². The van der Waals surface area contributed by atoms with Gasteiger partial charge in [-0.2, -0.15) is 8.78 Å². The molecule has 1 aliphatic rings. The fourth-order valence-corrected chi connectivity index (χ4v) is 3.07. The molecule has 30 heavy (non-hydrogen) atoms. The first kappa shape index (κ1) is 23.2. The van der Waals surface area contributed by atoms with Crippen LogP contribution >= 0.6 is 0 Å². The van der Waals surface area contributed by atoms with Crippen LogP contribution in [0.4, 0.5) is 14.7 Å². The van der Waals surface area contributed by atoms with Crippen LogP contribution in [0.15, 0.2) is 36.7 Å². The number of carbonyl (C=O) groups excluding carboxylic acids is 2. The van der Waals surface area contributed by atoms with Gasteiger partial charge in [0.25, 0.3) is 5.91 Å². The number of hydrazine groups is 1. The van der Waals surface area contributed by atoms with Crippen LogP contribution in [0.2, 0.25) is 0 Å². The van der Waals surface area contributed by atoms with E-state index in [-0.39, 0.29) is 11.1 Å². The molecular formula is C21H27F2N5O2. The second-order valence-electron chi connectivity index (χ2n) is 6.65. The Morgan fingerprint density at radius 1 is 1.13 bits per heavy atom. The van der Waals surface area contributed by atoms with Crippen LogP contribution in [0.5, 0.6) is 0 Å². The van der Waals surface area contributed by atoms with E-state index in [2.05, 4.69) is 40.4 Å². The van der Waals surface area contributed by atoms with Gasteiger partial charge in [-0.1, -0.05) is 45.0 Å². The first-order valence-corrected chi connectivity index (χ1v) is 10.0. The Labute approximate surface area is 174 Å². The highest BCUT2D eigenvalue weighted by atomic mass is 19.3. The van der Waals surface area contributed by atoms with Crippen molar-refractivity contribution in [2.75, 3.05) is 5.32 Å². The standard InChI is InChI=1S/C19H21F2N5O2.C2H6/c1-2-12-5-3-6-14(9-12)19(7-4-8-19)24-18-22-10-13(11-23-18)16(27)25-26-17(28)15(20)21;1-2/h3,5-6,9-11,15H,2,4,7-8H2,1H3,(H,25,27)(H,26,28)(H,22,23,24);1-2H3. The summed E-state index contributed by atoms with van der Waals surface area (Å²) in [5.41, 5.74) is 5.75. The Morgan fingerprint density at radius 3 is 2.33 bits per heavy atom. The van der Waals surface area contributed by atoms with Crippen molar-refractivity contribution in [3.8, 4) is 0 Å². The van der Waals surface area contributed by atoms with E-state index in [9.17, 15) is 18.4 Å². The summed E-state index contributed by atoms with van der Waals surface area (Å²) in [5, 5.41) is 3.37. The second kappa shape index (κ2) is 10.6. The average Bonchev–Trinajstić information content (AvgIpc) is 2.76. The first-order valence-electron chi connectivity index (χ1n) is 10.0. The number of nitrogens with one attached hydrogen (secondary N) is 3. The van der Waals surface area contributed by atoms with E-state index >= 15 is 0 Å². The predicted octanol–water partition coefficient (Wildman–Crippen LogP) is 3.58. The molecule has 0 unspecified atom stereocenters. The number of nitrogens with zero attached hydrogens (tertiary/aromatic N) is 2. The Kier molecular flexibility index (Phi) is 8.20. The number of aromatic nitrogens is 2. The van der Waals surface area contributed by atoms with E-state index in [0.717, 1.165) is 25.7 Å². The minimum Gasteiger partial charge on any atom is -0.345 e. The van der Waals surface area contributed by atoms with Crippen molar-refractivity contribution in [2.45, 2.75) is 58.4 Å². The maximum atomic E-state index is 12.1. The molecule has 1 aromatic heterocycles. The van der Waals surface area contributed by atoms with E-state index in [1.807, 2.05) is 25.3 Å². The Morgan fingerprint density at radius 2 is 1.80 bits per heavy atom. The minimum atomic E-state index is -3.21. The molecule has 0 spiro atoms. The zero-order valence-electron chi connectivity index (χ0n) is 17.3. The molecule has 3 rings (SSSR count). The summed E-state index contributed by atoms with van der Waals surface area (Å²) in [6.45, 7) is 6.11. The number of halogens is 2. The predicted molar refractivity (Wildman–Crippen MR) is 110 cm³/mol. The van der Waals surface area contributed by atoms with Crippen LogP contribution in [0.3, 0.4) is 0 Å². The molecule has 1 aromatic carbocycles. The van der Waals surface area contributed by atoms with Crippen molar-refractivity contribution in [3.05, 3.63) is 53.3 Å². The lowest BCUT2D eigenvalue weighted by molar-refractivity contribution is -0.132. The molecule has 0 aliphatic heterocycles. The lowest BCUT2D eigenvalue weighted by Crippen LogP contribution is -2.44. The lowest BCUT2D eigenvalue weighted by atomic mass is 9.71. The summed E-state index contributed by atoms with van der Waals surface area (Å²) < 4.78 is 24.2. The quantitative estimate of drug-likeness (QED) is 0.622. The number of benzene rings is 1. The molecule has 0 atom stereocenters. The van der Waals surface area contributed by atoms with Gasteiger partial charge in [-0.15, -0.1) is 0 Å². The van der Waals surface area contributed by atoms with E-state index in [1.54, 1.807) is 5.43 Å². The topological polar surface area (TPSA) is 96.0 Å². The summed E-state index contributed by atoms with van der Waals surface area (Å²) >= 11 is 0. The van der Waals surface area contributed by atoms with Crippen LogP contribution < -0.4 is 16.2 Å². The van der Waals surface area contributed by atoms with E-state index in [4.69, 9.17) is 0 Å². The third-order valence-electron chi connectivity index (χ3n) is 4.86. The maximum absolute atomic E-state index is 12.1. The molecule has 1 heterocycles. The van der Waals surface area contributed by atoms with Crippen LogP contribution in [-0.2, 0) is 16.8 Å². The van der Waals surface area contributed by atoms with Crippen LogP contribution in [0.25, 0.3) is 0 Å².